The molecule has 0 radical (unpaired) electrons. The summed E-state index contributed by atoms with van der Waals surface area (Å²) in [4.78, 5) is 31.1. The van der Waals surface area contributed by atoms with Gasteiger partial charge in [0.15, 0.2) is 5.82 Å². The van der Waals surface area contributed by atoms with Crippen molar-refractivity contribution in [2.45, 2.75) is 6.42 Å². The van der Waals surface area contributed by atoms with Crippen molar-refractivity contribution in [1.82, 2.24) is 15.3 Å². The predicted octanol–water partition coefficient (Wildman–Crippen LogP) is 1.52. The van der Waals surface area contributed by atoms with Crippen LogP contribution in [0.15, 0.2) is 53.5 Å². The van der Waals surface area contributed by atoms with Crippen LogP contribution in [0.1, 0.15) is 5.56 Å². The Morgan fingerprint density at radius 2 is 2.00 bits per heavy atom. The molecule has 7 nitrogen and oxygen atoms in total. The van der Waals surface area contributed by atoms with Gasteiger partial charge in [-0.2, -0.15) is 0 Å². The van der Waals surface area contributed by atoms with Crippen molar-refractivity contribution in [3.05, 3.63) is 54.7 Å². The topological polar surface area (TPSA) is 97.1 Å². The van der Waals surface area contributed by atoms with Crippen LogP contribution in [0.3, 0.4) is 0 Å². The van der Waals surface area contributed by atoms with Gasteiger partial charge >= 0.3 is 11.8 Å². The third-order valence-electron chi connectivity index (χ3n) is 3.25. The summed E-state index contributed by atoms with van der Waals surface area (Å²) in [6.45, 7) is 0.330. The van der Waals surface area contributed by atoms with E-state index in [1.165, 1.54) is 18.6 Å². The number of nitrogens with zero attached hydrogens (tertiary/aromatic N) is 2. The zero-order chi connectivity index (χ0) is 16.1. The van der Waals surface area contributed by atoms with Crippen molar-refractivity contribution >= 4 is 28.6 Å². The highest BCUT2D eigenvalue weighted by molar-refractivity contribution is 6.39. The molecule has 0 unspecified atom stereocenters. The highest BCUT2D eigenvalue weighted by Gasteiger charge is 2.14. The summed E-state index contributed by atoms with van der Waals surface area (Å²) in [5, 5.41) is 5.94. The Morgan fingerprint density at radius 1 is 1.13 bits per heavy atom. The maximum Gasteiger partial charge on any atom is 0.314 e. The lowest BCUT2D eigenvalue weighted by atomic mass is 10.1. The molecule has 116 valence electrons. The standard InChI is InChI=1S/C16H14N4O3/c21-15(16(22)20-14-9-17-7-8-18-14)19-6-5-11-10-23-13-4-2-1-3-12(11)13/h1-4,7-10H,5-6H2,(H,19,21)(H,18,20,22). The number of carbonyl (C=O) groups excluding carboxylic acids is 2. The molecule has 3 aromatic rings. The van der Waals surface area contributed by atoms with E-state index in [-0.39, 0.29) is 5.82 Å². The summed E-state index contributed by atoms with van der Waals surface area (Å²) in [7, 11) is 0. The van der Waals surface area contributed by atoms with E-state index >= 15 is 0 Å². The molecule has 0 fully saturated rings. The molecule has 2 aromatic heterocycles. The minimum atomic E-state index is -0.775. The van der Waals surface area contributed by atoms with E-state index < -0.39 is 11.8 Å². The van der Waals surface area contributed by atoms with Crippen LogP contribution in [0, 0.1) is 0 Å². The third kappa shape index (κ3) is 3.52. The number of benzene rings is 1. The molecule has 0 saturated carbocycles. The van der Waals surface area contributed by atoms with Gasteiger partial charge in [-0.3, -0.25) is 14.6 Å². The Kier molecular flexibility index (Phi) is 4.28. The number of nitrogens with one attached hydrogen (secondary N) is 2. The Bertz CT molecular complexity index is 829. The number of hydrogen-bond donors (Lipinski definition) is 2. The molecule has 7 heteroatoms. The van der Waals surface area contributed by atoms with Crippen molar-refractivity contribution in [2.75, 3.05) is 11.9 Å². The number of para-hydroxylation sites is 1. The van der Waals surface area contributed by atoms with Crippen LogP contribution in [0.25, 0.3) is 11.0 Å². The summed E-state index contributed by atoms with van der Waals surface area (Å²) in [6.07, 6.45) is 6.50. The average Bonchev–Trinajstić information content (AvgIpc) is 2.99. The molecule has 3 rings (SSSR count). The molecule has 0 atom stereocenters. The van der Waals surface area contributed by atoms with Gasteiger partial charge in [0.05, 0.1) is 12.5 Å². The van der Waals surface area contributed by atoms with E-state index in [0.717, 1.165) is 16.5 Å². The Balaban J connectivity index is 1.52. The van der Waals surface area contributed by atoms with Gasteiger partial charge in [0.2, 0.25) is 0 Å². The summed E-state index contributed by atoms with van der Waals surface area (Å²) in [6, 6.07) is 7.66. The number of aromatic nitrogens is 2. The second kappa shape index (κ2) is 6.69. The summed E-state index contributed by atoms with van der Waals surface area (Å²) < 4.78 is 5.43. The number of rotatable bonds is 4. The highest BCUT2D eigenvalue weighted by atomic mass is 16.3. The molecule has 0 bridgehead atoms. The monoisotopic (exact) mass is 310 g/mol. The minimum Gasteiger partial charge on any atom is -0.464 e. The van der Waals surface area contributed by atoms with E-state index in [9.17, 15) is 9.59 Å². The van der Waals surface area contributed by atoms with E-state index in [1.54, 1.807) is 6.26 Å². The van der Waals surface area contributed by atoms with Gasteiger partial charge in [-0.05, 0) is 18.1 Å². The van der Waals surface area contributed by atoms with Crippen molar-refractivity contribution in [1.29, 1.82) is 0 Å². The van der Waals surface area contributed by atoms with Gasteiger partial charge in [-0.25, -0.2) is 4.98 Å². The van der Waals surface area contributed by atoms with Crippen molar-refractivity contribution in [3.63, 3.8) is 0 Å². The van der Waals surface area contributed by atoms with Gasteiger partial charge in [0.25, 0.3) is 0 Å². The zero-order valence-electron chi connectivity index (χ0n) is 12.2. The molecule has 0 saturated heterocycles. The lowest BCUT2D eigenvalue weighted by Crippen LogP contribution is -2.36. The summed E-state index contributed by atoms with van der Waals surface area (Å²) in [5.74, 6) is -1.26. The van der Waals surface area contributed by atoms with E-state index in [0.29, 0.717) is 13.0 Å². The number of amides is 2. The number of fused-ring (bicyclic) bond motifs is 1. The fourth-order valence-corrected chi connectivity index (χ4v) is 2.15. The van der Waals surface area contributed by atoms with Crippen LogP contribution in [-0.2, 0) is 16.0 Å². The van der Waals surface area contributed by atoms with Crippen LogP contribution < -0.4 is 10.6 Å². The molecule has 2 amide bonds. The average molecular weight is 310 g/mol. The number of hydrogen-bond acceptors (Lipinski definition) is 5. The highest BCUT2D eigenvalue weighted by Crippen LogP contribution is 2.20. The molecule has 23 heavy (non-hydrogen) atoms. The summed E-state index contributed by atoms with van der Waals surface area (Å²) in [5.41, 5.74) is 1.78. The Morgan fingerprint density at radius 3 is 2.83 bits per heavy atom. The zero-order valence-corrected chi connectivity index (χ0v) is 12.2. The van der Waals surface area contributed by atoms with Crippen LogP contribution in [-0.4, -0.2) is 28.3 Å². The number of furan rings is 1. The quantitative estimate of drug-likeness (QED) is 0.712. The minimum absolute atomic E-state index is 0.230. The molecular formula is C16H14N4O3. The predicted molar refractivity (Wildman–Crippen MR) is 83.6 cm³/mol. The summed E-state index contributed by atoms with van der Waals surface area (Å²) >= 11 is 0. The third-order valence-corrected chi connectivity index (χ3v) is 3.25. The Labute approximate surface area is 131 Å². The van der Waals surface area contributed by atoms with Gasteiger partial charge in [0, 0.05) is 24.3 Å². The van der Waals surface area contributed by atoms with Gasteiger partial charge < -0.3 is 15.1 Å². The second-order valence-electron chi connectivity index (χ2n) is 4.81. The Hall–Kier alpha value is -3.22. The second-order valence-corrected chi connectivity index (χ2v) is 4.81. The number of anilines is 1. The largest absolute Gasteiger partial charge is 0.464 e. The first-order valence-electron chi connectivity index (χ1n) is 7.04. The van der Waals surface area contributed by atoms with Crippen LogP contribution in [0.4, 0.5) is 5.82 Å². The van der Waals surface area contributed by atoms with Crippen LogP contribution >= 0.6 is 0 Å². The molecule has 0 aliphatic heterocycles. The van der Waals surface area contributed by atoms with Gasteiger partial charge in [0.1, 0.15) is 5.58 Å². The van der Waals surface area contributed by atoms with E-state index in [2.05, 4.69) is 20.6 Å². The molecule has 2 heterocycles. The molecule has 0 aliphatic carbocycles. The normalized spacial score (nSPS) is 10.4. The van der Waals surface area contributed by atoms with Crippen molar-refractivity contribution < 1.29 is 14.0 Å². The maximum atomic E-state index is 11.7. The molecular weight excluding hydrogens is 296 g/mol. The van der Waals surface area contributed by atoms with E-state index in [1.807, 2.05) is 24.3 Å². The van der Waals surface area contributed by atoms with Crippen LogP contribution in [0.2, 0.25) is 0 Å². The molecule has 0 spiro atoms. The maximum absolute atomic E-state index is 11.7. The molecule has 2 N–H and O–H groups in total. The SMILES string of the molecule is O=C(NCCc1coc2ccccc12)C(=O)Nc1cnccn1. The first-order chi connectivity index (χ1) is 11.2. The van der Waals surface area contributed by atoms with Crippen molar-refractivity contribution in [3.8, 4) is 0 Å². The number of carbonyl (C=O) groups is 2. The first kappa shape index (κ1) is 14.7. The fraction of sp³-hybridized carbons (Fsp3) is 0.125. The fourth-order valence-electron chi connectivity index (χ4n) is 2.15. The van der Waals surface area contributed by atoms with Crippen molar-refractivity contribution in [2.24, 2.45) is 0 Å². The van der Waals surface area contributed by atoms with Gasteiger partial charge in [-0.1, -0.05) is 18.2 Å². The van der Waals surface area contributed by atoms with Crippen LogP contribution in [0.5, 0.6) is 0 Å². The van der Waals surface area contributed by atoms with E-state index in [4.69, 9.17) is 4.42 Å². The molecule has 0 aliphatic rings. The first-order valence-corrected chi connectivity index (χ1v) is 7.04. The lowest BCUT2D eigenvalue weighted by molar-refractivity contribution is -0.136. The lowest BCUT2D eigenvalue weighted by Gasteiger charge is -2.05. The smallest absolute Gasteiger partial charge is 0.314 e. The van der Waals surface area contributed by atoms with Gasteiger partial charge in [-0.15, -0.1) is 0 Å². The molecule has 1 aromatic carbocycles.